The first-order chi connectivity index (χ1) is 8.26. The van der Waals surface area contributed by atoms with Gasteiger partial charge in [0.2, 0.25) is 0 Å². The van der Waals surface area contributed by atoms with E-state index in [-0.39, 0.29) is 0 Å². The molecule has 1 aliphatic carbocycles. The summed E-state index contributed by atoms with van der Waals surface area (Å²) < 4.78 is 10.5. The Balaban J connectivity index is 2.52. The highest BCUT2D eigenvalue weighted by Crippen LogP contribution is 2.18. The van der Waals surface area contributed by atoms with Crippen LogP contribution in [0.25, 0.3) is 0 Å². The molecule has 0 spiro atoms. The second kappa shape index (κ2) is 6.63. The Bertz CT molecular complexity index is 271. The molecule has 0 heterocycles. The monoisotopic (exact) mass is 260 g/mol. The average Bonchev–Trinajstić information content (AvgIpc) is 2.18. The molecule has 5 nitrogen and oxygen atoms in total. The van der Waals surface area contributed by atoms with Gasteiger partial charge in [-0.25, -0.2) is 0 Å². The number of aliphatic hydroxyl groups excluding tert-OH is 3. The van der Waals surface area contributed by atoms with Crippen LogP contribution >= 0.6 is 0 Å². The summed E-state index contributed by atoms with van der Waals surface area (Å²) in [5.41, 5.74) is -0.511. The molecule has 0 aromatic rings. The van der Waals surface area contributed by atoms with E-state index >= 15 is 0 Å². The summed E-state index contributed by atoms with van der Waals surface area (Å²) in [7, 11) is 0. The fraction of sp³-hybridized carbons (Fsp3) is 0.846. The summed E-state index contributed by atoms with van der Waals surface area (Å²) in [4.78, 5) is 0. The molecule has 5 heteroatoms. The van der Waals surface area contributed by atoms with E-state index in [0.717, 1.165) is 0 Å². The van der Waals surface area contributed by atoms with Crippen LogP contribution in [0.15, 0.2) is 12.2 Å². The van der Waals surface area contributed by atoms with Crippen LogP contribution in [-0.4, -0.2) is 45.7 Å². The highest BCUT2D eigenvalue weighted by molar-refractivity contribution is 4.97. The van der Waals surface area contributed by atoms with Crippen molar-refractivity contribution >= 4 is 0 Å². The first kappa shape index (κ1) is 15.6. The van der Waals surface area contributed by atoms with Crippen molar-refractivity contribution in [1.82, 2.24) is 0 Å². The third-order valence-electron chi connectivity index (χ3n) is 2.59. The molecule has 0 aliphatic heterocycles. The molecule has 1 rings (SSSR count). The Hall–Kier alpha value is -0.460. The highest BCUT2D eigenvalue weighted by Gasteiger charge is 2.23. The molecule has 0 fully saturated rings. The largest absolute Gasteiger partial charge is 0.393 e. The highest BCUT2D eigenvalue weighted by atomic mass is 16.8. The standard InChI is InChI=1S/C13H24O5/c1-13(2,3)18-12(16)17-11-7-6-9(14)4-5-10(15)8-11/h6-7,9-12,14-16H,4-5,8H2,1-3H3. The fourth-order valence-electron chi connectivity index (χ4n) is 1.76. The molecule has 0 aromatic heterocycles. The minimum atomic E-state index is -1.34. The van der Waals surface area contributed by atoms with Crippen LogP contribution in [0.2, 0.25) is 0 Å². The van der Waals surface area contributed by atoms with E-state index in [4.69, 9.17) is 9.47 Å². The van der Waals surface area contributed by atoms with Crippen molar-refractivity contribution in [3.8, 4) is 0 Å². The van der Waals surface area contributed by atoms with Gasteiger partial charge in [-0.15, -0.1) is 0 Å². The molecular formula is C13H24O5. The van der Waals surface area contributed by atoms with Crippen molar-refractivity contribution in [3.05, 3.63) is 12.2 Å². The predicted octanol–water partition coefficient (Wildman–Crippen LogP) is 0.924. The molecule has 0 saturated carbocycles. The molecule has 106 valence electrons. The van der Waals surface area contributed by atoms with Gasteiger partial charge in [0.15, 0.2) is 0 Å². The van der Waals surface area contributed by atoms with Gasteiger partial charge >= 0.3 is 0 Å². The molecule has 1 aliphatic rings. The maximum absolute atomic E-state index is 9.70. The van der Waals surface area contributed by atoms with E-state index in [0.29, 0.717) is 19.3 Å². The van der Waals surface area contributed by atoms with Gasteiger partial charge in [-0.3, -0.25) is 0 Å². The summed E-state index contributed by atoms with van der Waals surface area (Å²) in [6.45, 7) is 4.09. The van der Waals surface area contributed by atoms with Crippen LogP contribution in [0.1, 0.15) is 40.0 Å². The Morgan fingerprint density at radius 3 is 2.44 bits per heavy atom. The molecule has 0 saturated heterocycles. The third kappa shape index (κ3) is 6.47. The van der Waals surface area contributed by atoms with Crippen molar-refractivity contribution in [3.63, 3.8) is 0 Å². The number of aliphatic hydroxyl groups is 3. The molecule has 0 bridgehead atoms. The lowest BCUT2D eigenvalue weighted by Gasteiger charge is -2.28. The molecular weight excluding hydrogens is 236 g/mol. The van der Waals surface area contributed by atoms with Crippen LogP contribution in [0.3, 0.4) is 0 Å². The predicted molar refractivity (Wildman–Crippen MR) is 66.7 cm³/mol. The Labute approximate surface area is 108 Å². The Kier molecular flexibility index (Phi) is 5.75. The lowest BCUT2D eigenvalue weighted by atomic mass is 10.00. The van der Waals surface area contributed by atoms with Gasteiger partial charge in [0.25, 0.3) is 6.48 Å². The van der Waals surface area contributed by atoms with Gasteiger partial charge in [0, 0.05) is 6.42 Å². The van der Waals surface area contributed by atoms with Crippen molar-refractivity contribution in [1.29, 1.82) is 0 Å². The molecule has 3 N–H and O–H groups in total. The van der Waals surface area contributed by atoms with E-state index in [1.54, 1.807) is 12.2 Å². The minimum absolute atomic E-state index is 0.383. The van der Waals surface area contributed by atoms with Crippen LogP contribution in [-0.2, 0) is 9.47 Å². The van der Waals surface area contributed by atoms with Gasteiger partial charge in [-0.05, 0) is 33.6 Å². The van der Waals surface area contributed by atoms with E-state index < -0.39 is 30.4 Å². The SMILES string of the molecule is CC(C)(C)OC(O)OC1C=CC(O)CCC(O)C1. The van der Waals surface area contributed by atoms with Gasteiger partial charge < -0.3 is 24.8 Å². The number of ether oxygens (including phenoxy) is 2. The lowest BCUT2D eigenvalue weighted by Crippen LogP contribution is -2.33. The fourth-order valence-corrected chi connectivity index (χ4v) is 1.76. The zero-order valence-corrected chi connectivity index (χ0v) is 11.2. The second-order valence-corrected chi connectivity index (χ2v) is 5.63. The van der Waals surface area contributed by atoms with Crippen molar-refractivity contribution in [2.24, 2.45) is 0 Å². The topological polar surface area (TPSA) is 79.2 Å². The number of rotatable bonds is 3. The molecule has 0 radical (unpaired) electrons. The van der Waals surface area contributed by atoms with Crippen LogP contribution in [0.5, 0.6) is 0 Å². The van der Waals surface area contributed by atoms with Crippen LogP contribution in [0.4, 0.5) is 0 Å². The maximum atomic E-state index is 9.70. The van der Waals surface area contributed by atoms with Crippen LogP contribution < -0.4 is 0 Å². The quantitative estimate of drug-likeness (QED) is 0.519. The van der Waals surface area contributed by atoms with Gasteiger partial charge in [0.05, 0.1) is 23.9 Å². The molecule has 0 amide bonds. The Morgan fingerprint density at radius 1 is 1.17 bits per heavy atom. The third-order valence-corrected chi connectivity index (χ3v) is 2.59. The Morgan fingerprint density at radius 2 is 1.83 bits per heavy atom. The summed E-state index contributed by atoms with van der Waals surface area (Å²) in [6, 6.07) is 0. The minimum Gasteiger partial charge on any atom is -0.393 e. The van der Waals surface area contributed by atoms with Gasteiger partial charge in [-0.1, -0.05) is 12.2 Å². The second-order valence-electron chi connectivity index (χ2n) is 5.63. The number of hydrogen-bond acceptors (Lipinski definition) is 5. The van der Waals surface area contributed by atoms with Gasteiger partial charge in [0.1, 0.15) is 0 Å². The van der Waals surface area contributed by atoms with Gasteiger partial charge in [-0.2, -0.15) is 0 Å². The lowest BCUT2D eigenvalue weighted by molar-refractivity contribution is -0.309. The summed E-state index contributed by atoms with van der Waals surface area (Å²) in [5.74, 6) is 0. The molecule has 4 atom stereocenters. The molecule has 18 heavy (non-hydrogen) atoms. The summed E-state index contributed by atoms with van der Waals surface area (Å²) in [6.07, 6.45) is 3.12. The average molecular weight is 260 g/mol. The maximum Gasteiger partial charge on any atom is 0.270 e. The first-order valence-corrected chi connectivity index (χ1v) is 6.32. The normalized spacial score (nSPS) is 31.8. The van der Waals surface area contributed by atoms with Crippen molar-refractivity contribution in [2.75, 3.05) is 0 Å². The van der Waals surface area contributed by atoms with E-state index in [1.165, 1.54) is 0 Å². The molecule has 0 aromatic carbocycles. The summed E-state index contributed by atoms with van der Waals surface area (Å²) >= 11 is 0. The smallest absolute Gasteiger partial charge is 0.270 e. The number of hydrogen-bond donors (Lipinski definition) is 3. The molecule has 4 unspecified atom stereocenters. The zero-order valence-electron chi connectivity index (χ0n) is 11.2. The van der Waals surface area contributed by atoms with E-state index in [1.807, 2.05) is 20.8 Å². The first-order valence-electron chi connectivity index (χ1n) is 6.32. The van der Waals surface area contributed by atoms with E-state index in [9.17, 15) is 15.3 Å². The van der Waals surface area contributed by atoms with E-state index in [2.05, 4.69) is 0 Å². The van der Waals surface area contributed by atoms with Crippen molar-refractivity contribution in [2.45, 2.75) is 70.4 Å². The van der Waals surface area contributed by atoms with Crippen molar-refractivity contribution < 1.29 is 24.8 Å². The zero-order chi connectivity index (χ0) is 13.8. The summed E-state index contributed by atoms with van der Waals surface area (Å²) in [5, 5.41) is 28.9. The van der Waals surface area contributed by atoms with Crippen LogP contribution in [0, 0.1) is 0 Å².